The Balaban J connectivity index is 1.93. The minimum atomic E-state index is -0.917. The third-order valence-corrected chi connectivity index (χ3v) is 5.53. The van der Waals surface area contributed by atoms with E-state index in [1.165, 1.54) is 25.4 Å². The average molecular weight is 433 g/mol. The van der Waals surface area contributed by atoms with Crippen LogP contribution in [0.1, 0.15) is 28.5 Å². The number of Topliss-reactive ketones (excluding diaryl/α,β-unsaturated/α-hetero) is 1. The van der Waals surface area contributed by atoms with Gasteiger partial charge >= 0.3 is 0 Å². The lowest BCUT2D eigenvalue weighted by atomic mass is 9.98. The lowest BCUT2D eigenvalue weighted by Gasteiger charge is -2.25. The summed E-state index contributed by atoms with van der Waals surface area (Å²) >= 11 is 0. The largest absolute Gasteiger partial charge is 0.507 e. The highest BCUT2D eigenvalue weighted by molar-refractivity contribution is 6.51. The van der Waals surface area contributed by atoms with Crippen LogP contribution in [0.2, 0.25) is 0 Å². The van der Waals surface area contributed by atoms with E-state index >= 15 is 0 Å². The molecule has 164 valence electrons. The second-order valence-electron chi connectivity index (χ2n) is 7.54. The summed E-state index contributed by atoms with van der Waals surface area (Å²) in [5, 5.41) is 11.2. The predicted octanol–water partition coefficient (Wildman–Crippen LogP) is 4.54. The predicted molar refractivity (Wildman–Crippen MR) is 119 cm³/mol. The van der Waals surface area contributed by atoms with Gasteiger partial charge in [-0.3, -0.25) is 14.5 Å². The Morgan fingerprint density at radius 2 is 1.75 bits per heavy atom. The Morgan fingerprint density at radius 1 is 1.00 bits per heavy atom. The monoisotopic (exact) mass is 433 g/mol. The highest BCUT2D eigenvalue weighted by Crippen LogP contribution is 2.44. The van der Waals surface area contributed by atoms with Crippen molar-refractivity contribution in [3.63, 3.8) is 0 Å². The van der Waals surface area contributed by atoms with Gasteiger partial charge in [0, 0.05) is 11.3 Å². The molecule has 0 bridgehead atoms. The number of carbonyl (C=O) groups is 2. The van der Waals surface area contributed by atoms with Crippen LogP contribution in [-0.2, 0) is 9.59 Å². The molecule has 7 heteroatoms. The molecule has 1 aromatic heterocycles. The fourth-order valence-electron chi connectivity index (χ4n) is 4.01. The van der Waals surface area contributed by atoms with Gasteiger partial charge in [0.25, 0.3) is 11.7 Å². The van der Waals surface area contributed by atoms with Crippen molar-refractivity contribution in [2.75, 3.05) is 19.1 Å². The molecule has 32 heavy (non-hydrogen) atoms. The summed E-state index contributed by atoms with van der Waals surface area (Å²) in [6, 6.07) is 12.8. The summed E-state index contributed by atoms with van der Waals surface area (Å²) < 4.78 is 16.2. The molecule has 1 N–H and O–H groups in total. The van der Waals surface area contributed by atoms with Crippen molar-refractivity contribution < 1.29 is 28.6 Å². The van der Waals surface area contributed by atoms with Crippen LogP contribution >= 0.6 is 0 Å². The number of hydrogen-bond acceptors (Lipinski definition) is 6. The number of benzene rings is 2. The molecule has 1 fully saturated rings. The Bertz CT molecular complexity index is 1230. The standard InChI is InChI=1S/C25H23NO6/c1-14-7-9-17(15(2)12-14)26-22(19-6-5-11-32-19)21(24(28)25(26)29)23(27)16-8-10-18(30-3)20(13-16)31-4/h5-13,22,27H,1-4H3/b23-21-. The lowest BCUT2D eigenvalue weighted by Crippen LogP contribution is -2.30. The first kappa shape index (κ1) is 21.2. The number of ether oxygens (including phenoxy) is 2. The van der Waals surface area contributed by atoms with Crippen LogP contribution in [-0.4, -0.2) is 31.0 Å². The van der Waals surface area contributed by atoms with E-state index < -0.39 is 17.7 Å². The van der Waals surface area contributed by atoms with E-state index in [1.54, 1.807) is 36.4 Å². The molecule has 1 aliphatic heterocycles. The Labute approximate surface area is 185 Å². The maximum atomic E-state index is 13.2. The fraction of sp³-hybridized carbons (Fsp3) is 0.200. The Kier molecular flexibility index (Phi) is 5.48. The zero-order chi connectivity index (χ0) is 23.0. The molecule has 0 radical (unpaired) electrons. The summed E-state index contributed by atoms with van der Waals surface area (Å²) in [7, 11) is 2.98. The van der Waals surface area contributed by atoms with Crippen LogP contribution in [0.15, 0.2) is 64.8 Å². The number of aliphatic hydroxyl groups excluding tert-OH is 1. The number of anilines is 1. The molecule has 1 aliphatic rings. The van der Waals surface area contributed by atoms with Crippen molar-refractivity contribution in [2.24, 2.45) is 0 Å². The summed E-state index contributed by atoms with van der Waals surface area (Å²) in [6.45, 7) is 3.82. The summed E-state index contributed by atoms with van der Waals surface area (Å²) in [4.78, 5) is 27.7. The van der Waals surface area contributed by atoms with Gasteiger partial charge in [0.05, 0.1) is 26.1 Å². The van der Waals surface area contributed by atoms with E-state index in [4.69, 9.17) is 13.9 Å². The second kappa shape index (κ2) is 8.26. The van der Waals surface area contributed by atoms with Crippen molar-refractivity contribution >= 4 is 23.1 Å². The van der Waals surface area contributed by atoms with Crippen molar-refractivity contribution in [3.05, 3.63) is 82.8 Å². The van der Waals surface area contributed by atoms with Gasteiger partial charge in [-0.25, -0.2) is 0 Å². The highest BCUT2D eigenvalue weighted by Gasteiger charge is 2.48. The van der Waals surface area contributed by atoms with E-state index in [-0.39, 0.29) is 11.3 Å². The molecule has 2 aromatic carbocycles. The van der Waals surface area contributed by atoms with Crippen LogP contribution in [0.4, 0.5) is 5.69 Å². The van der Waals surface area contributed by atoms with Crippen LogP contribution in [0, 0.1) is 13.8 Å². The number of hydrogen-bond donors (Lipinski definition) is 1. The number of ketones is 1. The molecule has 0 aliphatic carbocycles. The first-order chi connectivity index (χ1) is 15.4. The maximum Gasteiger partial charge on any atom is 0.300 e. The van der Waals surface area contributed by atoms with Crippen molar-refractivity contribution in [2.45, 2.75) is 19.9 Å². The normalized spacial score (nSPS) is 17.6. The summed E-state index contributed by atoms with van der Waals surface area (Å²) in [5.74, 6) is -0.625. The minimum Gasteiger partial charge on any atom is -0.507 e. The second-order valence-corrected chi connectivity index (χ2v) is 7.54. The van der Waals surface area contributed by atoms with Gasteiger partial charge < -0.3 is 19.0 Å². The highest BCUT2D eigenvalue weighted by atomic mass is 16.5. The van der Waals surface area contributed by atoms with Crippen LogP contribution < -0.4 is 14.4 Å². The molecule has 1 amide bonds. The van der Waals surface area contributed by atoms with E-state index in [2.05, 4.69) is 0 Å². The molecule has 4 rings (SSSR count). The van der Waals surface area contributed by atoms with E-state index in [1.807, 2.05) is 26.0 Å². The average Bonchev–Trinajstić information content (AvgIpc) is 3.40. The van der Waals surface area contributed by atoms with Crippen molar-refractivity contribution in [1.29, 1.82) is 0 Å². The number of carbonyl (C=O) groups excluding carboxylic acids is 2. The van der Waals surface area contributed by atoms with Crippen LogP contribution in [0.5, 0.6) is 11.5 Å². The Morgan fingerprint density at radius 3 is 2.38 bits per heavy atom. The molecular weight excluding hydrogens is 410 g/mol. The van der Waals surface area contributed by atoms with Crippen molar-refractivity contribution in [3.8, 4) is 11.5 Å². The van der Waals surface area contributed by atoms with Gasteiger partial charge in [-0.05, 0) is 55.8 Å². The zero-order valence-corrected chi connectivity index (χ0v) is 18.2. The molecule has 7 nitrogen and oxygen atoms in total. The molecule has 1 unspecified atom stereocenters. The van der Waals surface area contributed by atoms with Gasteiger partial charge in [0.15, 0.2) is 11.5 Å². The van der Waals surface area contributed by atoms with Gasteiger partial charge in [-0.1, -0.05) is 17.7 Å². The number of methoxy groups -OCH3 is 2. The van der Waals surface area contributed by atoms with E-state index in [0.717, 1.165) is 11.1 Å². The number of amides is 1. The SMILES string of the molecule is COc1ccc(/C(O)=C2/C(=O)C(=O)N(c3ccc(C)cc3C)C2c2ccco2)cc1OC. The van der Waals surface area contributed by atoms with Gasteiger partial charge in [-0.2, -0.15) is 0 Å². The molecule has 0 spiro atoms. The summed E-state index contributed by atoms with van der Waals surface area (Å²) in [6.07, 6.45) is 1.47. The first-order valence-electron chi connectivity index (χ1n) is 10.0. The molecule has 1 saturated heterocycles. The van der Waals surface area contributed by atoms with Gasteiger partial charge in [0.1, 0.15) is 17.6 Å². The molecule has 0 saturated carbocycles. The van der Waals surface area contributed by atoms with Crippen LogP contribution in [0.25, 0.3) is 5.76 Å². The quantitative estimate of drug-likeness (QED) is 0.361. The number of rotatable bonds is 5. The fourth-order valence-corrected chi connectivity index (χ4v) is 4.01. The third-order valence-electron chi connectivity index (χ3n) is 5.53. The lowest BCUT2D eigenvalue weighted by molar-refractivity contribution is -0.132. The third kappa shape index (κ3) is 3.41. The van der Waals surface area contributed by atoms with Crippen molar-refractivity contribution in [1.82, 2.24) is 0 Å². The number of furan rings is 1. The molecule has 2 heterocycles. The number of aryl methyl sites for hydroxylation is 2. The first-order valence-corrected chi connectivity index (χ1v) is 10.0. The molecule has 3 aromatic rings. The minimum absolute atomic E-state index is 0.0582. The topological polar surface area (TPSA) is 89.2 Å². The van der Waals surface area contributed by atoms with E-state index in [9.17, 15) is 14.7 Å². The molecular formula is C25H23NO6. The number of nitrogens with zero attached hydrogens (tertiary/aromatic N) is 1. The smallest absolute Gasteiger partial charge is 0.300 e. The van der Waals surface area contributed by atoms with Gasteiger partial charge in [0.2, 0.25) is 0 Å². The summed E-state index contributed by atoms with van der Waals surface area (Å²) in [5.41, 5.74) is 2.69. The van der Waals surface area contributed by atoms with E-state index in [0.29, 0.717) is 28.5 Å². The van der Waals surface area contributed by atoms with Crippen LogP contribution in [0.3, 0.4) is 0 Å². The molecule has 1 atom stereocenters. The van der Waals surface area contributed by atoms with Gasteiger partial charge in [-0.15, -0.1) is 0 Å². The zero-order valence-electron chi connectivity index (χ0n) is 18.2. The maximum absolute atomic E-state index is 13.2. The Hall–Kier alpha value is -4.00. The number of aliphatic hydroxyl groups is 1.